The number of methoxy groups -OCH3 is 1. The summed E-state index contributed by atoms with van der Waals surface area (Å²) in [4.78, 5) is 64.7. The van der Waals surface area contributed by atoms with Crippen molar-refractivity contribution in [1.82, 2.24) is 16.0 Å². The van der Waals surface area contributed by atoms with Gasteiger partial charge in [0.15, 0.2) is 17.5 Å². The molecule has 2 aliphatic rings. The number of nitriles is 1. The van der Waals surface area contributed by atoms with E-state index < -0.39 is 87.8 Å². The van der Waals surface area contributed by atoms with Crippen LogP contribution in [0.1, 0.15) is 71.2 Å². The van der Waals surface area contributed by atoms with Gasteiger partial charge in [-0.05, 0) is 70.9 Å². The monoisotopic (exact) mass is 671 g/mol. The van der Waals surface area contributed by atoms with E-state index in [0.717, 1.165) is 18.2 Å². The van der Waals surface area contributed by atoms with Gasteiger partial charge in [-0.3, -0.25) is 19.7 Å². The Morgan fingerprint density at radius 2 is 1.67 bits per heavy atom. The highest BCUT2D eigenvalue weighted by Gasteiger charge is 2.38. The molecule has 1 unspecified atom stereocenters. The molecule has 2 heterocycles. The van der Waals surface area contributed by atoms with Gasteiger partial charge in [0.2, 0.25) is 23.3 Å². The average molecular weight is 672 g/mol. The number of nitro benzene ring substituents is 1. The zero-order chi connectivity index (χ0) is 36.1. The number of alkyl carbamates (subject to hydrolysis) is 1. The van der Waals surface area contributed by atoms with Crippen molar-refractivity contribution in [2.75, 3.05) is 7.11 Å². The van der Waals surface area contributed by atoms with Gasteiger partial charge in [-0.15, -0.1) is 0 Å². The number of phenolic OH excluding ortho intramolecular Hbond substituents is 1. The summed E-state index contributed by atoms with van der Waals surface area (Å²) in [5.74, 6) is -4.86. The lowest BCUT2D eigenvalue weighted by Crippen LogP contribution is -2.56. The van der Waals surface area contributed by atoms with E-state index in [1.165, 1.54) is 19.2 Å². The van der Waals surface area contributed by atoms with Crippen LogP contribution in [0.2, 0.25) is 0 Å². The maximum atomic E-state index is 13.6. The molecule has 4 bridgehead atoms. The summed E-state index contributed by atoms with van der Waals surface area (Å²) in [5, 5.41) is 50.7. The second-order valence-corrected chi connectivity index (χ2v) is 12.6. The van der Waals surface area contributed by atoms with E-state index >= 15 is 0 Å². The number of fused-ring (bicyclic) bond motifs is 9. The summed E-state index contributed by atoms with van der Waals surface area (Å²) >= 11 is 0. The van der Waals surface area contributed by atoms with E-state index in [0.29, 0.717) is 0 Å². The number of esters is 1. The summed E-state index contributed by atoms with van der Waals surface area (Å²) in [6.07, 6.45) is -3.77. The molecule has 17 heteroatoms. The first-order valence-corrected chi connectivity index (χ1v) is 14.5. The lowest BCUT2D eigenvalue weighted by molar-refractivity contribution is -0.385. The van der Waals surface area contributed by atoms with Crippen LogP contribution in [0.3, 0.4) is 0 Å². The van der Waals surface area contributed by atoms with Gasteiger partial charge < -0.3 is 45.1 Å². The number of aromatic hydroxyl groups is 1. The molecule has 17 nitrogen and oxygen atoms in total. The van der Waals surface area contributed by atoms with Gasteiger partial charge in [-0.1, -0.05) is 6.07 Å². The molecule has 2 aromatic rings. The van der Waals surface area contributed by atoms with Gasteiger partial charge in [0.1, 0.15) is 29.4 Å². The molecule has 0 aromatic heterocycles. The van der Waals surface area contributed by atoms with E-state index in [1.807, 2.05) is 0 Å². The number of amides is 3. The highest BCUT2D eigenvalue weighted by molar-refractivity contribution is 5.94. The molecular weight excluding hydrogens is 634 g/mol. The molecule has 4 atom stereocenters. The number of aliphatic hydroxyl groups is 1. The standard InChI is InChI=1S/C31H37N5O12/c1-30(2,3)47-28(41)22-16-13-19(37)25(45-7)21(14-16)46-20-9-8-15(12-18(20)36(43)44)24(38)23(35-29(42)48-31(4,5)6)27(40)33-17(10-11-32)26(39)34-22/h8-9,12-14,17,22-24,37-38H,10H2,1-7H3,(H,33,40)(H,34,39)(H,35,42)/t17-,22?,23-,24-/m1/s1. The summed E-state index contributed by atoms with van der Waals surface area (Å²) in [5.41, 5.74) is -3.16. The summed E-state index contributed by atoms with van der Waals surface area (Å²) in [6.45, 7) is 9.32. The molecule has 0 spiro atoms. The van der Waals surface area contributed by atoms with Crippen molar-refractivity contribution in [3.63, 3.8) is 0 Å². The first kappa shape index (κ1) is 36.8. The summed E-state index contributed by atoms with van der Waals surface area (Å²) in [7, 11) is 1.18. The van der Waals surface area contributed by atoms with Crippen LogP contribution in [-0.4, -0.2) is 69.4 Å². The summed E-state index contributed by atoms with van der Waals surface area (Å²) < 4.78 is 21.7. The number of benzene rings is 2. The molecule has 0 aliphatic carbocycles. The third-order valence-electron chi connectivity index (χ3n) is 6.46. The largest absolute Gasteiger partial charge is 0.504 e. The molecule has 0 fully saturated rings. The SMILES string of the molecule is COc1c(O)cc2cc1Oc1ccc(cc1[N+](=O)[O-])[C@@H](O)[C@@H](NC(=O)OC(C)(C)C)C(=O)N[C@H](CC#N)C(=O)NC2C(=O)OC(C)(C)C. The predicted octanol–water partition coefficient (Wildman–Crippen LogP) is 2.94. The van der Waals surface area contributed by atoms with Gasteiger partial charge in [-0.25, -0.2) is 9.59 Å². The van der Waals surface area contributed by atoms with E-state index in [2.05, 4.69) is 16.0 Å². The van der Waals surface area contributed by atoms with Crippen molar-refractivity contribution in [2.24, 2.45) is 0 Å². The van der Waals surface area contributed by atoms with Crippen molar-refractivity contribution in [3.05, 3.63) is 51.6 Å². The zero-order valence-corrected chi connectivity index (χ0v) is 27.3. The van der Waals surface area contributed by atoms with E-state index in [9.17, 15) is 44.8 Å². The Hall–Kier alpha value is -5.63. The minimum atomic E-state index is -1.97. The highest BCUT2D eigenvalue weighted by atomic mass is 16.6. The Labute approximate surface area is 275 Å². The molecule has 0 saturated carbocycles. The molecule has 0 radical (unpaired) electrons. The number of nitrogens with zero attached hydrogens (tertiary/aromatic N) is 2. The van der Waals surface area contributed by atoms with Crippen LogP contribution in [0.25, 0.3) is 0 Å². The number of carbonyl (C=O) groups excluding carboxylic acids is 4. The van der Waals surface area contributed by atoms with Gasteiger partial charge in [0.25, 0.3) is 0 Å². The quantitative estimate of drug-likeness (QED) is 0.174. The number of hydrogen-bond donors (Lipinski definition) is 5. The number of nitro groups is 1. The van der Waals surface area contributed by atoms with Crippen LogP contribution in [0.5, 0.6) is 23.0 Å². The fraction of sp³-hybridized carbons (Fsp3) is 0.452. The number of ether oxygens (including phenoxy) is 4. The molecule has 2 aromatic carbocycles. The molecule has 48 heavy (non-hydrogen) atoms. The minimum absolute atomic E-state index is 0.126. The molecule has 4 rings (SSSR count). The number of aliphatic hydroxyl groups excluding tert-OH is 1. The summed E-state index contributed by atoms with van der Waals surface area (Å²) in [6, 6.07) is 1.87. The fourth-order valence-corrected chi connectivity index (χ4v) is 4.48. The van der Waals surface area contributed by atoms with Gasteiger partial charge in [0, 0.05) is 6.07 Å². The highest BCUT2D eigenvalue weighted by Crippen LogP contribution is 2.44. The second-order valence-electron chi connectivity index (χ2n) is 12.6. The van der Waals surface area contributed by atoms with Crippen LogP contribution in [0.15, 0.2) is 30.3 Å². The number of rotatable bonds is 5. The van der Waals surface area contributed by atoms with E-state index in [4.69, 9.17) is 18.9 Å². The Morgan fingerprint density at radius 3 is 2.23 bits per heavy atom. The van der Waals surface area contributed by atoms with Gasteiger partial charge >= 0.3 is 17.7 Å². The van der Waals surface area contributed by atoms with E-state index in [-0.39, 0.29) is 22.6 Å². The minimum Gasteiger partial charge on any atom is -0.504 e. The number of carbonyl (C=O) groups is 4. The lowest BCUT2D eigenvalue weighted by Gasteiger charge is -2.29. The van der Waals surface area contributed by atoms with Crippen LogP contribution < -0.4 is 25.4 Å². The van der Waals surface area contributed by atoms with Crippen molar-refractivity contribution in [3.8, 4) is 29.1 Å². The third-order valence-corrected chi connectivity index (χ3v) is 6.46. The van der Waals surface area contributed by atoms with Crippen molar-refractivity contribution >= 4 is 29.6 Å². The topological polar surface area (TPSA) is 249 Å². The zero-order valence-electron chi connectivity index (χ0n) is 27.3. The van der Waals surface area contributed by atoms with Crippen molar-refractivity contribution < 1.29 is 53.3 Å². The Bertz CT molecular complexity index is 1640. The molecule has 258 valence electrons. The van der Waals surface area contributed by atoms with Crippen LogP contribution in [0, 0.1) is 21.4 Å². The maximum Gasteiger partial charge on any atom is 0.408 e. The first-order chi connectivity index (χ1) is 22.2. The molecule has 3 amide bonds. The predicted molar refractivity (Wildman–Crippen MR) is 165 cm³/mol. The lowest BCUT2D eigenvalue weighted by atomic mass is 9.99. The molecule has 0 saturated heterocycles. The smallest absolute Gasteiger partial charge is 0.408 e. The number of hydrogen-bond acceptors (Lipinski definition) is 13. The normalized spacial score (nSPS) is 19.9. The first-order valence-electron chi connectivity index (χ1n) is 14.5. The Balaban J connectivity index is 2.30. The molecule has 2 aliphatic heterocycles. The Morgan fingerprint density at radius 1 is 1.02 bits per heavy atom. The number of phenols is 1. The van der Waals surface area contributed by atoms with E-state index in [1.54, 1.807) is 47.6 Å². The van der Waals surface area contributed by atoms with Crippen molar-refractivity contribution in [1.29, 1.82) is 5.26 Å². The van der Waals surface area contributed by atoms with Crippen LogP contribution >= 0.6 is 0 Å². The molecular formula is C31H37N5O12. The van der Waals surface area contributed by atoms with Crippen molar-refractivity contribution in [2.45, 2.75) is 83.4 Å². The Kier molecular flexibility index (Phi) is 11.1. The fourth-order valence-electron chi connectivity index (χ4n) is 4.48. The average Bonchev–Trinajstić information content (AvgIpc) is 2.95. The number of nitrogens with one attached hydrogen (secondary N) is 3. The van der Waals surface area contributed by atoms with Crippen LogP contribution in [0.4, 0.5) is 10.5 Å². The van der Waals surface area contributed by atoms with Crippen LogP contribution in [-0.2, 0) is 23.9 Å². The third kappa shape index (κ3) is 9.22. The maximum absolute atomic E-state index is 13.6. The van der Waals surface area contributed by atoms with Gasteiger partial charge in [0.05, 0.1) is 24.5 Å². The molecule has 5 N–H and O–H groups in total. The second kappa shape index (κ2) is 14.4. The van der Waals surface area contributed by atoms with Gasteiger partial charge in [-0.2, -0.15) is 5.26 Å².